The van der Waals surface area contributed by atoms with E-state index in [0.29, 0.717) is 6.04 Å². The molecule has 1 aromatic carbocycles. The Labute approximate surface area is 108 Å². The molecule has 18 heavy (non-hydrogen) atoms. The van der Waals surface area contributed by atoms with Crippen molar-refractivity contribution in [3.8, 4) is 0 Å². The minimum atomic E-state index is 0.434. The summed E-state index contributed by atoms with van der Waals surface area (Å²) in [5, 5.41) is 4.77. The smallest absolute Gasteiger partial charge is 0.0705 e. The van der Waals surface area contributed by atoms with Crippen molar-refractivity contribution in [2.75, 3.05) is 6.54 Å². The molecule has 2 heteroatoms. The van der Waals surface area contributed by atoms with Gasteiger partial charge in [0.2, 0.25) is 0 Å². The van der Waals surface area contributed by atoms with Crippen LogP contribution in [0.3, 0.4) is 0 Å². The summed E-state index contributed by atoms with van der Waals surface area (Å²) in [4.78, 5) is 4.81. The van der Waals surface area contributed by atoms with E-state index in [4.69, 9.17) is 4.98 Å². The second-order valence-electron chi connectivity index (χ2n) is 4.86. The molecule has 0 amide bonds. The molecule has 0 saturated heterocycles. The molecule has 1 aromatic heterocycles. The fourth-order valence-electron chi connectivity index (χ4n) is 2.74. The highest BCUT2D eigenvalue weighted by Gasteiger charge is 2.20. The number of hydrogen-bond acceptors (Lipinski definition) is 2. The molecule has 2 aromatic rings. The van der Waals surface area contributed by atoms with Crippen molar-refractivity contribution in [2.24, 2.45) is 0 Å². The van der Waals surface area contributed by atoms with E-state index in [-0.39, 0.29) is 0 Å². The number of nitrogens with zero attached hydrogens (tertiary/aromatic N) is 1. The summed E-state index contributed by atoms with van der Waals surface area (Å²) in [5.41, 5.74) is 3.75. The van der Waals surface area contributed by atoms with E-state index in [1.165, 1.54) is 29.5 Å². The van der Waals surface area contributed by atoms with Crippen molar-refractivity contribution < 1.29 is 0 Å². The number of hydrogen-bond donors (Lipinski definition) is 1. The molecule has 1 aliphatic rings. The molecular formula is C16H18N2. The Morgan fingerprint density at radius 3 is 3.17 bits per heavy atom. The number of aromatic nitrogens is 1. The summed E-state index contributed by atoms with van der Waals surface area (Å²) < 4.78 is 0. The third kappa shape index (κ3) is 2.04. The van der Waals surface area contributed by atoms with Crippen LogP contribution in [0.4, 0.5) is 0 Å². The number of fused-ring (bicyclic) bond motifs is 2. The van der Waals surface area contributed by atoms with Crippen LogP contribution in [0.1, 0.15) is 30.1 Å². The third-order valence-corrected chi connectivity index (χ3v) is 3.63. The van der Waals surface area contributed by atoms with Crippen LogP contribution < -0.4 is 5.32 Å². The lowest BCUT2D eigenvalue weighted by Gasteiger charge is -2.25. The van der Waals surface area contributed by atoms with Crippen LogP contribution in [0.25, 0.3) is 10.9 Å². The maximum Gasteiger partial charge on any atom is 0.0705 e. The highest BCUT2D eigenvalue weighted by atomic mass is 14.9. The summed E-state index contributed by atoms with van der Waals surface area (Å²) >= 11 is 0. The molecule has 1 atom stereocenters. The number of rotatable bonds is 3. The minimum Gasteiger partial charge on any atom is -0.306 e. The molecular weight excluding hydrogens is 220 g/mol. The molecule has 0 bridgehead atoms. The van der Waals surface area contributed by atoms with Gasteiger partial charge < -0.3 is 5.32 Å². The Morgan fingerprint density at radius 2 is 2.28 bits per heavy atom. The highest BCUT2D eigenvalue weighted by Crippen LogP contribution is 2.30. The molecule has 1 unspecified atom stereocenters. The van der Waals surface area contributed by atoms with Crippen LogP contribution in [0.15, 0.2) is 43.0 Å². The van der Waals surface area contributed by atoms with Crippen LogP contribution in [0, 0.1) is 0 Å². The summed E-state index contributed by atoms with van der Waals surface area (Å²) in [6, 6.07) is 11.1. The maximum atomic E-state index is 4.81. The topological polar surface area (TPSA) is 24.9 Å². The van der Waals surface area contributed by atoms with Gasteiger partial charge in [-0.3, -0.25) is 4.98 Å². The van der Waals surface area contributed by atoms with Gasteiger partial charge in [-0.1, -0.05) is 24.3 Å². The standard InChI is InChI=1S/C16H18N2/c1-2-10-17-15-8-5-9-16-13(15)11-12-6-3-4-7-14(12)18-16/h2-4,6-7,11,15,17H,1,5,8-10H2. The quantitative estimate of drug-likeness (QED) is 0.829. The first-order chi connectivity index (χ1) is 8.88. The minimum absolute atomic E-state index is 0.434. The molecule has 1 aliphatic carbocycles. The van der Waals surface area contributed by atoms with Crippen LogP contribution in [0.5, 0.6) is 0 Å². The lowest BCUT2D eigenvalue weighted by atomic mass is 9.90. The molecule has 0 aliphatic heterocycles. The average Bonchev–Trinajstić information content (AvgIpc) is 2.43. The van der Waals surface area contributed by atoms with Crippen LogP contribution >= 0.6 is 0 Å². The second-order valence-corrected chi connectivity index (χ2v) is 4.86. The van der Waals surface area contributed by atoms with E-state index >= 15 is 0 Å². The first-order valence-corrected chi connectivity index (χ1v) is 6.61. The molecule has 0 saturated carbocycles. The number of benzene rings is 1. The largest absolute Gasteiger partial charge is 0.306 e. The fraction of sp³-hybridized carbons (Fsp3) is 0.312. The average molecular weight is 238 g/mol. The zero-order chi connectivity index (χ0) is 12.4. The van der Waals surface area contributed by atoms with Gasteiger partial charge >= 0.3 is 0 Å². The molecule has 0 spiro atoms. The van der Waals surface area contributed by atoms with Gasteiger partial charge in [0.25, 0.3) is 0 Å². The Hall–Kier alpha value is -1.67. The van der Waals surface area contributed by atoms with Gasteiger partial charge in [0.15, 0.2) is 0 Å². The highest BCUT2D eigenvalue weighted by molar-refractivity contribution is 5.79. The van der Waals surface area contributed by atoms with Crippen LogP contribution in [-0.4, -0.2) is 11.5 Å². The van der Waals surface area contributed by atoms with Gasteiger partial charge in [-0.2, -0.15) is 0 Å². The van der Waals surface area contributed by atoms with E-state index in [1.807, 2.05) is 6.08 Å². The monoisotopic (exact) mass is 238 g/mol. The van der Waals surface area contributed by atoms with Crippen molar-refractivity contribution in [2.45, 2.75) is 25.3 Å². The van der Waals surface area contributed by atoms with Crippen molar-refractivity contribution in [1.29, 1.82) is 0 Å². The Balaban J connectivity index is 2.04. The third-order valence-electron chi connectivity index (χ3n) is 3.63. The molecule has 0 fully saturated rings. The first kappa shape index (κ1) is 11.4. The van der Waals surface area contributed by atoms with E-state index in [1.54, 1.807) is 0 Å². The van der Waals surface area contributed by atoms with E-state index in [9.17, 15) is 0 Å². The number of pyridine rings is 1. The first-order valence-electron chi connectivity index (χ1n) is 6.61. The van der Waals surface area contributed by atoms with Crippen molar-refractivity contribution in [1.82, 2.24) is 10.3 Å². The van der Waals surface area contributed by atoms with Gasteiger partial charge in [-0.15, -0.1) is 6.58 Å². The molecule has 3 rings (SSSR count). The number of para-hydroxylation sites is 1. The Kier molecular flexibility index (Phi) is 3.11. The van der Waals surface area contributed by atoms with Gasteiger partial charge in [0.1, 0.15) is 0 Å². The number of aryl methyl sites for hydroxylation is 1. The zero-order valence-corrected chi connectivity index (χ0v) is 10.5. The summed E-state index contributed by atoms with van der Waals surface area (Å²) in [5.74, 6) is 0. The summed E-state index contributed by atoms with van der Waals surface area (Å²) in [6.45, 7) is 4.63. The predicted molar refractivity (Wildman–Crippen MR) is 75.6 cm³/mol. The Morgan fingerprint density at radius 1 is 1.39 bits per heavy atom. The lowest BCUT2D eigenvalue weighted by Crippen LogP contribution is -2.25. The normalized spacial score (nSPS) is 18.6. The SMILES string of the molecule is C=CCNC1CCCc2nc3ccccc3cc21. The second kappa shape index (κ2) is 4.91. The lowest BCUT2D eigenvalue weighted by molar-refractivity contribution is 0.476. The van der Waals surface area contributed by atoms with E-state index < -0.39 is 0 Å². The summed E-state index contributed by atoms with van der Waals surface area (Å²) in [6.07, 6.45) is 5.43. The van der Waals surface area contributed by atoms with Crippen molar-refractivity contribution in [3.63, 3.8) is 0 Å². The van der Waals surface area contributed by atoms with Crippen molar-refractivity contribution >= 4 is 10.9 Å². The summed E-state index contributed by atoms with van der Waals surface area (Å²) in [7, 11) is 0. The van der Waals surface area contributed by atoms with Gasteiger partial charge in [-0.05, 0) is 37.0 Å². The predicted octanol–water partition coefficient (Wildman–Crippen LogP) is 3.39. The van der Waals surface area contributed by atoms with Crippen LogP contribution in [0.2, 0.25) is 0 Å². The van der Waals surface area contributed by atoms with Gasteiger partial charge in [0.05, 0.1) is 5.52 Å². The fourth-order valence-corrected chi connectivity index (χ4v) is 2.74. The van der Waals surface area contributed by atoms with Crippen LogP contribution in [-0.2, 0) is 6.42 Å². The van der Waals surface area contributed by atoms with Crippen molar-refractivity contribution in [3.05, 3.63) is 54.2 Å². The molecule has 92 valence electrons. The van der Waals surface area contributed by atoms with Gasteiger partial charge in [-0.25, -0.2) is 0 Å². The number of nitrogens with one attached hydrogen (secondary N) is 1. The zero-order valence-electron chi connectivity index (χ0n) is 10.5. The molecule has 0 radical (unpaired) electrons. The Bertz CT molecular complexity index is 574. The maximum absolute atomic E-state index is 4.81. The van der Waals surface area contributed by atoms with E-state index in [0.717, 1.165) is 18.5 Å². The molecule has 1 heterocycles. The van der Waals surface area contributed by atoms with Gasteiger partial charge in [0, 0.05) is 23.7 Å². The molecule has 1 N–H and O–H groups in total. The van der Waals surface area contributed by atoms with E-state index in [2.05, 4.69) is 42.2 Å². The molecule has 2 nitrogen and oxygen atoms in total.